The zero-order valence-electron chi connectivity index (χ0n) is 10.4. The minimum absolute atomic E-state index is 0.0503. The summed E-state index contributed by atoms with van der Waals surface area (Å²) in [5, 5.41) is 15.1. The van der Waals surface area contributed by atoms with Crippen molar-refractivity contribution in [2.45, 2.75) is 6.04 Å². The van der Waals surface area contributed by atoms with Gasteiger partial charge in [0, 0.05) is 21.5 Å². The van der Waals surface area contributed by atoms with Crippen LogP contribution in [0.2, 0.25) is 4.34 Å². The largest absolute Gasteiger partial charge is 0.508 e. The van der Waals surface area contributed by atoms with Crippen LogP contribution in [0.1, 0.15) is 15.8 Å². The number of benzene rings is 1. The minimum atomic E-state index is 0.0503. The molecule has 5 heteroatoms. The zero-order valence-corrected chi connectivity index (χ0v) is 12.8. The first kappa shape index (κ1) is 13.5. The van der Waals surface area contributed by atoms with E-state index in [0.29, 0.717) is 0 Å². The van der Waals surface area contributed by atoms with Crippen LogP contribution in [-0.2, 0) is 0 Å². The molecule has 1 atom stereocenters. The van der Waals surface area contributed by atoms with Crippen molar-refractivity contribution in [1.29, 1.82) is 0 Å². The van der Waals surface area contributed by atoms with Gasteiger partial charge in [-0.05, 0) is 35.7 Å². The predicted molar refractivity (Wildman–Crippen MR) is 87.2 cm³/mol. The number of rotatable bonds is 4. The van der Waals surface area contributed by atoms with Crippen LogP contribution in [0, 0.1) is 0 Å². The van der Waals surface area contributed by atoms with Crippen LogP contribution in [0.25, 0.3) is 0 Å². The van der Waals surface area contributed by atoms with Crippen molar-refractivity contribution in [2.75, 3.05) is 5.32 Å². The Balaban J connectivity index is 1.94. The van der Waals surface area contributed by atoms with E-state index in [1.807, 2.05) is 30.3 Å². The van der Waals surface area contributed by atoms with Gasteiger partial charge in [-0.25, -0.2) is 0 Å². The molecule has 2 N–H and O–H groups in total. The summed E-state index contributed by atoms with van der Waals surface area (Å²) in [6.07, 6.45) is 0. The Labute approximate surface area is 130 Å². The molecular weight excluding hydrogens is 310 g/mol. The van der Waals surface area contributed by atoms with Crippen LogP contribution in [0.4, 0.5) is 5.69 Å². The standard InChI is InChI=1S/C15H12ClNOS2/c16-14-7-6-13(20-14)15(12-5-2-8-19-12)17-10-3-1-4-11(18)9-10/h1-9,15,17-18H. The first-order chi connectivity index (χ1) is 9.72. The molecule has 0 aliphatic rings. The average molecular weight is 322 g/mol. The van der Waals surface area contributed by atoms with E-state index in [1.165, 1.54) is 4.88 Å². The van der Waals surface area contributed by atoms with Crippen molar-refractivity contribution in [3.05, 3.63) is 68.0 Å². The summed E-state index contributed by atoms with van der Waals surface area (Å²) < 4.78 is 0.777. The number of nitrogens with one attached hydrogen (secondary N) is 1. The minimum Gasteiger partial charge on any atom is -0.508 e. The van der Waals surface area contributed by atoms with Crippen LogP contribution in [0.15, 0.2) is 53.9 Å². The van der Waals surface area contributed by atoms with Gasteiger partial charge in [-0.1, -0.05) is 23.7 Å². The smallest absolute Gasteiger partial charge is 0.117 e. The van der Waals surface area contributed by atoms with Crippen molar-refractivity contribution in [3.63, 3.8) is 0 Å². The number of anilines is 1. The van der Waals surface area contributed by atoms with Crippen LogP contribution < -0.4 is 5.32 Å². The lowest BCUT2D eigenvalue weighted by Gasteiger charge is -2.17. The van der Waals surface area contributed by atoms with Crippen molar-refractivity contribution >= 4 is 40.0 Å². The Morgan fingerprint density at radius 3 is 2.60 bits per heavy atom. The molecule has 1 unspecified atom stereocenters. The maximum atomic E-state index is 9.58. The lowest BCUT2D eigenvalue weighted by Crippen LogP contribution is -2.09. The Bertz CT molecular complexity index is 693. The molecule has 0 saturated carbocycles. The fourth-order valence-corrected chi connectivity index (χ4v) is 3.98. The summed E-state index contributed by atoms with van der Waals surface area (Å²) in [4.78, 5) is 2.37. The molecule has 0 aliphatic heterocycles. The molecule has 1 aromatic carbocycles. The molecule has 0 amide bonds. The number of halogens is 1. The maximum Gasteiger partial charge on any atom is 0.117 e. The number of phenols is 1. The van der Waals surface area contributed by atoms with E-state index in [4.69, 9.17) is 11.6 Å². The van der Waals surface area contributed by atoms with Gasteiger partial charge in [0.2, 0.25) is 0 Å². The first-order valence-corrected chi connectivity index (χ1v) is 8.14. The first-order valence-electron chi connectivity index (χ1n) is 6.06. The molecule has 2 aromatic heterocycles. The van der Waals surface area contributed by atoms with Crippen molar-refractivity contribution in [3.8, 4) is 5.75 Å². The maximum absolute atomic E-state index is 9.58. The molecule has 0 saturated heterocycles. The Kier molecular flexibility index (Phi) is 3.96. The summed E-state index contributed by atoms with van der Waals surface area (Å²) in [5.41, 5.74) is 0.882. The van der Waals surface area contributed by atoms with E-state index in [9.17, 15) is 5.11 Å². The van der Waals surface area contributed by atoms with E-state index in [1.54, 1.807) is 34.8 Å². The second-order valence-corrected chi connectivity index (χ2v) is 7.01. The topological polar surface area (TPSA) is 32.3 Å². The average Bonchev–Trinajstić information content (AvgIpc) is 3.07. The number of aromatic hydroxyl groups is 1. The molecule has 0 radical (unpaired) electrons. The molecular formula is C15H12ClNOS2. The lowest BCUT2D eigenvalue weighted by atomic mass is 10.2. The summed E-state index contributed by atoms with van der Waals surface area (Å²) in [5.74, 6) is 0.254. The third-order valence-electron chi connectivity index (χ3n) is 2.86. The monoisotopic (exact) mass is 321 g/mol. The number of hydrogen-bond donors (Lipinski definition) is 2. The second kappa shape index (κ2) is 5.87. The van der Waals surface area contributed by atoms with Crippen LogP contribution in [0.3, 0.4) is 0 Å². The van der Waals surface area contributed by atoms with Gasteiger partial charge in [-0.15, -0.1) is 22.7 Å². The number of phenolic OH excluding ortho intramolecular Hbond substituents is 1. The van der Waals surface area contributed by atoms with E-state index in [-0.39, 0.29) is 11.8 Å². The number of thiophene rings is 2. The van der Waals surface area contributed by atoms with Crippen molar-refractivity contribution < 1.29 is 5.11 Å². The number of hydrogen-bond acceptors (Lipinski definition) is 4. The molecule has 0 fully saturated rings. The molecule has 0 aliphatic carbocycles. The lowest BCUT2D eigenvalue weighted by molar-refractivity contribution is 0.475. The molecule has 0 bridgehead atoms. The van der Waals surface area contributed by atoms with Gasteiger partial charge in [0.15, 0.2) is 0 Å². The van der Waals surface area contributed by atoms with E-state index in [2.05, 4.69) is 16.8 Å². The summed E-state index contributed by atoms with van der Waals surface area (Å²) in [6.45, 7) is 0. The van der Waals surface area contributed by atoms with E-state index in [0.717, 1.165) is 14.9 Å². The molecule has 2 heterocycles. The van der Waals surface area contributed by atoms with E-state index < -0.39 is 0 Å². The van der Waals surface area contributed by atoms with Crippen LogP contribution >= 0.6 is 34.3 Å². The van der Waals surface area contributed by atoms with Gasteiger partial charge in [-0.2, -0.15) is 0 Å². The van der Waals surface area contributed by atoms with Gasteiger partial charge in [0.1, 0.15) is 5.75 Å². The SMILES string of the molecule is Oc1cccc(NC(c2cccs2)c2ccc(Cl)s2)c1. The highest BCUT2D eigenvalue weighted by atomic mass is 35.5. The van der Waals surface area contributed by atoms with Crippen LogP contribution in [-0.4, -0.2) is 5.11 Å². The normalized spacial score (nSPS) is 12.2. The summed E-state index contributed by atoms with van der Waals surface area (Å²) in [6, 6.07) is 15.3. The van der Waals surface area contributed by atoms with E-state index >= 15 is 0 Å². The molecule has 3 aromatic rings. The fraction of sp³-hybridized carbons (Fsp3) is 0.0667. The van der Waals surface area contributed by atoms with Gasteiger partial charge >= 0.3 is 0 Å². The highest BCUT2D eigenvalue weighted by Gasteiger charge is 2.17. The Morgan fingerprint density at radius 1 is 1.05 bits per heavy atom. The molecule has 0 spiro atoms. The third kappa shape index (κ3) is 2.98. The quantitative estimate of drug-likeness (QED) is 0.677. The van der Waals surface area contributed by atoms with Crippen molar-refractivity contribution in [2.24, 2.45) is 0 Å². The zero-order chi connectivity index (χ0) is 13.9. The van der Waals surface area contributed by atoms with Gasteiger partial charge in [-0.3, -0.25) is 0 Å². The molecule has 3 rings (SSSR count). The van der Waals surface area contributed by atoms with Gasteiger partial charge in [0.05, 0.1) is 10.4 Å². The summed E-state index contributed by atoms with van der Waals surface area (Å²) >= 11 is 9.31. The third-order valence-corrected chi connectivity index (χ3v) is 5.10. The molecule has 20 heavy (non-hydrogen) atoms. The second-order valence-electron chi connectivity index (χ2n) is 4.28. The Morgan fingerprint density at radius 2 is 1.95 bits per heavy atom. The molecule has 2 nitrogen and oxygen atoms in total. The van der Waals surface area contributed by atoms with Gasteiger partial charge < -0.3 is 10.4 Å². The summed E-state index contributed by atoms with van der Waals surface area (Å²) in [7, 11) is 0. The molecule has 102 valence electrons. The Hall–Kier alpha value is -1.49. The highest BCUT2D eigenvalue weighted by molar-refractivity contribution is 7.16. The van der Waals surface area contributed by atoms with Gasteiger partial charge in [0.25, 0.3) is 0 Å². The predicted octanol–water partition coefficient (Wildman–Crippen LogP) is 5.37. The van der Waals surface area contributed by atoms with Crippen LogP contribution in [0.5, 0.6) is 5.75 Å². The fourth-order valence-electron chi connectivity index (χ4n) is 1.98. The van der Waals surface area contributed by atoms with Crippen molar-refractivity contribution in [1.82, 2.24) is 0 Å². The highest BCUT2D eigenvalue weighted by Crippen LogP contribution is 2.35.